The number of nitrogens with zero attached hydrogens (tertiary/aromatic N) is 2. The smallest absolute Gasteiger partial charge is 0.409 e. The molecule has 2 amide bonds. The molecule has 0 aliphatic rings. The maximum Gasteiger partial charge on any atom is 0.409 e. The Hall–Kier alpha value is -3.11. The third-order valence-corrected chi connectivity index (χ3v) is 3.70. The first-order valence-electron chi connectivity index (χ1n) is 8.56. The van der Waals surface area contributed by atoms with Crippen LogP contribution < -0.4 is 16.6 Å². The van der Waals surface area contributed by atoms with Gasteiger partial charge in [-0.05, 0) is 41.5 Å². The Morgan fingerprint density at radius 2 is 1.86 bits per heavy atom. The third kappa shape index (κ3) is 6.25. The molecule has 11 heteroatoms. The number of hydrogen-bond donors (Lipinski definition) is 3. The number of aryl methyl sites for hydroxylation is 1. The van der Waals surface area contributed by atoms with E-state index in [-0.39, 0.29) is 5.56 Å². The molecule has 1 aromatic rings. The first-order valence-corrected chi connectivity index (χ1v) is 8.56. The zero-order chi connectivity index (χ0) is 21.8. The van der Waals surface area contributed by atoms with Crippen molar-refractivity contribution in [3.63, 3.8) is 0 Å². The minimum absolute atomic E-state index is 0.212. The second kappa shape index (κ2) is 8.72. The van der Waals surface area contributed by atoms with Crippen molar-refractivity contribution in [1.82, 2.24) is 19.8 Å². The Balaban J connectivity index is 3.12. The first-order chi connectivity index (χ1) is 12.7. The summed E-state index contributed by atoms with van der Waals surface area (Å²) in [7, 11) is 0. The second-order valence-electron chi connectivity index (χ2n) is 7.34. The molecule has 3 N–H and O–H groups in total. The lowest BCUT2D eigenvalue weighted by molar-refractivity contribution is -0.148. The number of aliphatic carboxylic acids is 1. The van der Waals surface area contributed by atoms with Crippen LogP contribution in [0, 0.1) is 6.92 Å². The normalized spacial score (nSPS) is 13.4. The van der Waals surface area contributed by atoms with E-state index in [2.05, 4.69) is 10.3 Å². The summed E-state index contributed by atoms with van der Waals surface area (Å²) in [5.74, 6) is -2.04. The average Bonchev–Trinajstić information content (AvgIpc) is 2.52. The van der Waals surface area contributed by atoms with E-state index in [9.17, 15) is 24.0 Å². The van der Waals surface area contributed by atoms with Crippen molar-refractivity contribution in [3.05, 3.63) is 32.6 Å². The molecule has 0 aliphatic carbocycles. The second-order valence-corrected chi connectivity index (χ2v) is 7.34. The summed E-state index contributed by atoms with van der Waals surface area (Å²) < 4.78 is 6.10. The molecule has 0 saturated carbocycles. The summed E-state index contributed by atoms with van der Waals surface area (Å²) in [6.45, 7) is 8.53. The summed E-state index contributed by atoms with van der Waals surface area (Å²) in [6, 6.07) is -1.12. The molecule has 0 aliphatic heterocycles. The minimum atomic E-state index is -1.30. The molecule has 11 nitrogen and oxygen atoms in total. The van der Waals surface area contributed by atoms with Crippen LogP contribution >= 0.6 is 0 Å². The van der Waals surface area contributed by atoms with E-state index >= 15 is 0 Å². The van der Waals surface area contributed by atoms with E-state index in [0.29, 0.717) is 0 Å². The lowest BCUT2D eigenvalue weighted by Crippen LogP contribution is -2.54. The molecule has 28 heavy (non-hydrogen) atoms. The van der Waals surface area contributed by atoms with Crippen LogP contribution in [0.2, 0.25) is 0 Å². The van der Waals surface area contributed by atoms with Gasteiger partial charge in [-0.2, -0.15) is 0 Å². The SMILES string of the molecule is Cc1cn(C(C)C(=O)N(CC(=O)O)C(C)NC(=O)OC(C)(C)C)c(=O)[nH]c1=O. The van der Waals surface area contributed by atoms with Gasteiger partial charge in [0.15, 0.2) is 0 Å². The number of hydrogen-bond acceptors (Lipinski definition) is 6. The predicted octanol–water partition coefficient (Wildman–Crippen LogP) is 0.190. The van der Waals surface area contributed by atoms with Gasteiger partial charge in [0.1, 0.15) is 24.4 Å². The van der Waals surface area contributed by atoms with Crippen LogP contribution in [0.25, 0.3) is 0 Å². The van der Waals surface area contributed by atoms with Crippen molar-refractivity contribution in [2.75, 3.05) is 6.54 Å². The van der Waals surface area contributed by atoms with Crippen LogP contribution in [0.15, 0.2) is 15.8 Å². The fourth-order valence-electron chi connectivity index (χ4n) is 2.34. The van der Waals surface area contributed by atoms with Crippen molar-refractivity contribution in [2.45, 2.75) is 59.4 Å². The van der Waals surface area contributed by atoms with Gasteiger partial charge in [-0.3, -0.25) is 23.9 Å². The van der Waals surface area contributed by atoms with Gasteiger partial charge in [0.2, 0.25) is 5.91 Å². The topological polar surface area (TPSA) is 151 Å². The van der Waals surface area contributed by atoms with Crippen LogP contribution in [-0.2, 0) is 14.3 Å². The third-order valence-electron chi connectivity index (χ3n) is 3.70. The Morgan fingerprint density at radius 3 is 2.36 bits per heavy atom. The number of carboxylic acid groups (broad SMARTS) is 1. The highest BCUT2D eigenvalue weighted by atomic mass is 16.6. The zero-order valence-electron chi connectivity index (χ0n) is 16.7. The van der Waals surface area contributed by atoms with E-state index in [0.717, 1.165) is 9.47 Å². The van der Waals surface area contributed by atoms with Crippen molar-refractivity contribution < 1.29 is 24.2 Å². The highest BCUT2D eigenvalue weighted by Gasteiger charge is 2.30. The quantitative estimate of drug-likeness (QED) is 0.579. The van der Waals surface area contributed by atoms with Gasteiger partial charge in [-0.15, -0.1) is 0 Å². The molecule has 1 heterocycles. The summed E-state index contributed by atoms with van der Waals surface area (Å²) in [4.78, 5) is 62.5. The Morgan fingerprint density at radius 1 is 1.29 bits per heavy atom. The molecule has 0 saturated heterocycles. The monoisotopic (exact) mass is 398 g/mol. The maximum absolute atomic E-state index is 12.9. The van der Waals surface area contributed by atoms with Crippen molar-refractivity contribution in [1.29, 1.82) is 0 Å². The Kier molecular flexibility index (Phi) is 7.14. The van der Waals surface area contributed by atoms with Crippen LogP contribution in [0.5, 0.6) is 0 Å². The number of aromatic amines is 1. The highest BCUT2D eigenvalue weighted by molar-refractivity contribution is 5.84. The van der Waals surface area contributed by atoms with E-state index in [1.165, 1.54) is 27.0 Å². The van der Waals surface area contributed by atoms with Crippen molar-refractivity contribution in [3.8, 4) is 0 Å². The van der Waals surface area contributed by atoms with Crippen molar-refractivity contribution in [2.24, 2.45) is 0 Å². The van der Waals surface area contributed by atoms with Gasteiger partial charge in [-0.25, -0.2) is 9.59 Å². The van der Waals surface area contributed by atoms with E-state index in [4.69, 9.17) is 9.84 Å². The summed E-state index contributed by atoms with van der Waals surface area (Å²) in [6.07, 6.45) is -0.636. The number of carbonyl (C=O) groups is 3. The largest absolute Gasteiger partial charge is 0.480 e. The van der Waals surface area contributed by atoms with Gasteiger partial charge in [-0.1, -0.05) is 0 Å². The molecule has 1 aromatic heterocycles. The fraction of sp³-hybridized carbons (Fsp3) is 0.588. The first kappa shape index (κ1) is 22.9. The lowest BCUT2D eigenvalue weighted by Gasteiger charge is -2.31. The van der Waals surface area contributed by atoms with Gasteiger partial charge < -0.3 is 20.1 Å². The van der Waals surface area contributed by atoms with E-state index in [1.54, 1.807) is 20.8 Å². The number of H-pyrrole nitrogens is 1. The van der Waals surface area contributed by atoms with Crippen LogP contribution in [0.4, 0.5) is 4.79 Å². The summed E-state index contributed by atoms with van der Waals surface area (Å²) >= 11 is 0. The predicted molar refractivity (Wildman–Crippen MR) is 99.0 cm³/mol. The molecular weight excluding hydrogens is 372 g/mol. The number of nitrogens with one attached hydrogen (secondary N) is 2. The van der Waals surface area contributed by atoms with Gasteiger partial charge in [0.25, 0.3) is 5.56 Å². The molecule has 0 spiro atoms. The Labute approximate surface area is 161 Å². The molecule has 2 atom stereocenters. The lowest BCUT2D eigenvalue weighted by atomic mass is 10.2. The van der Waals surface area contributed by atoms with Crippen LogP contribution in [0.3, 0.4) is 0 Å². The van der Waals surface area contributed by atoms with Gasteiger partial charge in [0, 0.05) is 11.8 Å². The number of rotatable bonds is 6. The number of alkyl carbamates (subject to hydrolysis) is 1. The average molecular weight is 398 g/mol. The number of carboxylic acids is 1. The van der Waals surface area contributed by atoms with E-state index in [1.807, 2.05) is 0 Å². The van der Waals surface area contributed by atoms with Crippen LogP contribution in [-0.4, -0.2) is 55.8 Å². The molecule has 0 bridgehead atoms. The molecule has 156 valence electrons. The number of amides is 2. The van der Waals surface area contributed by atoms with Gasteiger partial charge in [0.05, 0.1) is 0 Å². The molecule has 0 aromatic carbocycles. The summed E-state index contributed by atoms with van der Waals surface area (Å²) in [5.41, 5.74) is -1.95. The van der Waals surface area contributed by atoms with E-state index < -0.39 is 53.6 Å². The molecule has 0 radical (unpaired) electrons. The fourth-order valence-corrected chi connectivity index (χ4v) is 2.34. The number of aromatic nitrogens is 2. The van der Waals surface area contributed by atoms with Gasteiger partial charge >= 0.3 is 17.8 Å². The number of ether oxygens (including phenoxy) is 1. The molecule has 1 rings (SSSR count). The van der Waals surface area contributed by atoms with Crippen molar-refractivity contribution >= 4 is 18.0 Å². The molecule has 2 unspecified atom stereocenters. The maximum atomic E-state index is 12.9. The Bertz CT molecular complexity index is 865. The zero-order valence-corrected chi connectivity index (χ0v) is 16.7. The summed E-state index contributed by atoms with van der Waals surface area (Å²) in [5, 5.41) is 11.5. The minimum Gasteiger partial charge on any atom is -0.480 e. The number of carbonyl (C=O) groups excluding carboxylic acids is 2. The molecule has 0 fully saturated rings. The molecular formula is C17H26N4O7. The highest BCUT2D eigenvalue weighted by Crippen LogP contribution is 2.12. The van der Waals surface area contributed by atoms with Crippen LogP contribution in [0.1, 0.15) is 46.2 Å². The standard InChI is InChI=1S/C17H26N4O7/c1-9-7-20(15(26)19-13(9)24)10(2)14(25)21(8-12(22)23)11(3)18-16(27)28-17(4,5)6/h7,10-11H,8H2,1-6H3,(H,18,27)(H,22,23)(H,19,24,26).